The minimum atomic E-state index is -0.315. The smallest absolute Gasteiger partial charge is 0.124 e. The van der Waals surface area contributed by atoms with Crippen molar-refractivity contribution in [3.05, 3.63) is 35.1 Å². The van der Waals surface area contributed by atoms with E-state index >= 15 is 0 Å². The quantitative estimate of drug-likeness (QED) is 0.858. The summed E-state index contributed by atoms with van der Waals surface area (Å²) in [5.74, 6) is 5.82. The summed E-state index contributed by atoms with van der Waals surface area (Å²) >= 11 is 0. The molecule has 0 aliphatic heterocycles. The number of hydrogen-bond acceptors (Lipinski definition) is 2. The molecule has 2 rings (SSSR count). The van der Waals surface area contributed by atoms with Crippen LogP contribution < -0.4 is 0 Å². The molecule has 1 aliphatic rings. The molecule has 3 heteroatoms. The van der Waals surface area contributed by atoms with E-state index in [0.717, 1.165) is 24.3 Å². The summed E-state index contributed by atoms with van der Waals surface area (Å²) in [6.45, 7) is 2.46. The fourth-order valence-electron chi connectivity index (χ4n) is 2.90. The summed E-state index contributed by atoms with van der Waals surface area (Å²) < 4.78 is 19.3. The first-order valence-corrected chi connectivity index (χ1v) is 7.72. The third-order valence-electron chi connectivity index (χ3n) is 4.16. The zero-order valence-corrected chi connectivity index (χ0v) is 12.6. The Morgan fingerprint density at radius 1 is 1.38 bits per heavy atom. The summed E-state index contributed by atoms with van der Waals surface area (Å²) in [5, 5.41) is 8.78. The van der Waals surface area contributed by atoms with Crippen LogP contribution in [-0.4, -0.2) is 17.8 Å². The lowest BCUT2D eigenvalue weighted by molar-refractivity contribution is 0.00167. The third-order valence-corrected chi connectivity index (χ3v) is 4.16. The van der Waals surface area contributed by atoms with Crippen molar-refractivity contribution in [2.24, 2.45) is 5.92 Å². The molecular weight excluding hydrogens is 267 g/mol. The molecule has 0 spiro atoms. The van der Waals surface area contributed by atoms with E-state index in [2.05, 4.69) is 18.8 Å². The van der Waals surface area contributed by atoms with Crippen LogP contribution in [0.1, 0.15) is 50.2 Å². The second-order valence-corrected chi connectivity index (χ2v) is 5.64. The lowest BCUT2D eigenvalue weighted by Crippen LogP contribution is -2.22. The van der Waals surface area contributed by atoms with Gasteiger partial charge < -0.3 is 9.84 Å². The van der Waals surface area contributed by atoms with Crippen molar-refractivity contribution < 1.29 is 14.2 Å². The topological polar surface area (TPSA) is 29.5 Å². The van der Waals surface area contributed by atoms with Crippen LogP contribution in [0.3, 0.4) is 0 Å². The van der Waals surface area contributed by atoms with Crippen molar-refractivity contribution in [1.82, 2.24) is 0 Å². The molecule has 0 radical (unpaired) electrons. The maximum Gasteiger partial charge on any atom is 0.124 e. The van der Waals surface area contributed by atoms with Crippen molar-refractivity contribution >= 4 is 0 Å². The van der Waals surface area contributed by atoms with E-state index in [4.69, 9.17) is 9.84 Å². The number of hydrogen-bond donors (Lipinski definition) is 1. The van der Waals surface area contributed by atoms with E-state index in [9.17, 15) is 4.39 Å². The molecule has 2 unspecified atom stereocenters. The predicted molar refractivity (Wildman–Crippen MR) is 81.2 cm³/mol. The highest BCUT2D eigenvalue weighted by Crippen LogP contribution is 2.29. The Hall–Kier alpha value is -1.37. The van der Waals surface area contributed by atoms with Gasteiger partial charge in [0.05, 0.1) is 12.7 Å². The molecule has 0 heterocycles. The van der Waals surface area contributed by atoms with Crippen LogP contribution in [0.25, 0.3) is 0 Å². The van der Waals surface area contributed by atoms with E-state index in [1.165, 1.54) is 31.4 Å². The van der Waals surface area contributed by atoms with Crippen molar-refractivity contribution in [1.29, 1.82) is 0 Å². The van der Waals surface area contributed by atoms with E-state index < -0.39 is 0 Å². The van der Waals surface area contributed by atoms with Crippen LogP contribution in [0.5, 0.6) is 0 Å². The van der Waals surface area contributed by atoms with Gasteiger partial charge in [-0.3, -0.25) is 0 Å². The van der Waals surface area contributed by atoms with Gasteiger partial charge >= 0.3 is 0 Å². The van der Waals surface area contributed by atoms with Gasteiger partial charge in [-0.2, -0.15) is 0 Å². The van der Waals surface area contributed by atoms with Gasteiger partial charge in [-0.25, -0.2) is 4.39 Å². The molecular formula is C18H23FO2. The van der Waals surface area contributed by atoms with Gasteiger partial charge in [-0.15, -0.1) is 0 Å². The first kappa shape index (κ1) is 16.0. The highest BCUT2D eigenvalue weighted by Gasteiger charge is 2.21. The van der Waals surface area contributed by atoms with Crippen LogP contribution in [0, 0.1) is 23.6 Å². The molecule has 2 nitrogen and oxygen atoms in total. The second kappa shape index (κ2) is 8.17. The number of benzene rings is 1. The average Bonchev–Trinajstić information content (AvgIpc) is 2.52. The van der Waals surface area contributed by atoms with Crippen LogP contribution in [0.4, 0.5) is 4.39 Å². The Kier molecular flexibility index (Phi) is 6.22. The van der Waals surface area contributed by atoms with Gasteiger partial charge in [-0.1, -0.05) is 44.1 Å². The highest BCUT2D eigenvalue weighted by molar-refractivity contribution is 5.41. The van der Waals surface area contributed by atoms with Crippen LogP contribution in [-0.2, 0) is 11.3 Å². The summed E-state index contributed by atoms with van der Waals surface area (Å²) in [7, 11) is 0. The van der Waals surface area contributed by atoms with Gasteiger partial charge in [0.15, 0.2) is 0 Å². The van der Waals surface area contributed by atoms with Crippen LogP contribution >= 0.6 is 0 Å². The van der Waals surface area contributed by atoms with Crippen LogP contribution in [0.15, 0.2) is 18.2 Å². The molecule has 0 amide bonds. The van der Waals surface area contributed by atoms with E-state index in [1.54, 1.807) is 6.07 Å². The van der Waals surface area contributed by atoms with Gasteiger partial charge in [0.25, 0.3) is 0 Å². The molecule has 0 aromatic heterocycles. The maximum absolute atomic E-state index is 13.3. The predicted octanol–water partition coefficient (Wildman–Crippen LogP) is 3.65. The number of rotatable bonds is 4. The normalized spacial score (nSPS) is 21.7. The molecule has 0 bridgehead atoms. The lowest BCUT2D eigenvalue weighted by atomic mass is 9.85. The summed E-state index contributed by atoms with van der Waals surface area (Å²) in [5.41, 5.74) is 1.49. The van der Waals surface area contributed by atoms with Gasteiger partial charge in [-0.05, 0) is 36.5 Å². The molecule has 114 valence electrons. The fraction of sp³-hybridized carbons (Fsp3) is 0.556. The summed E-state index contributed by atoms with van der Waals surface area (Å²) in [6.07, 6.45) is 6.27. The molecule has 0 saturated heterocycles. The molecule has 1 saturated carbocycles. The fourth-order valence-corrected chi connectivity index (χ4v) is 2.90. The number of halogens is 1. The van der Waals surface area contributed by atoms with E-state index in [-0.39, 0.29) is 12.4 Å². The zero-order valence-electron chi connectivity index (χ0n) is 12.6. The number of ether oxygens (including phenoxy) is 1. The molecule has 1 fully saturated rings. The van der Waals surface area contributed by atoms with Crippen molar-refractivity contribution in [3.63, 3.8) is 0 Å². The van der Waals surface area contributed by atoms with Gasteiger partial charge in [0.2, 0.25) is 0 Å². The molecule has 1 aliphatic carbocycles. The Morgan fingerprint density at radius 3 is 3.00 bits per heavy atom. The van der Waals surface area contributed by atoms with E-state index in [1.807, 2.05) is 0 Å². The Balaban J connectivity index is 1.99. The van der Waals surface area contributed by atoms with Crippen molar-refractivity contribution in [3.8, 4) is 11.8 Å². The average molecular weight is 290 g/mol. The van der Waals surface area contributed by atoms with Crippen molar-refractivity contribution in [2.75, 3.05) is 6.61 Å². The third kappa shape index (κ3) is 4.84. The van der Waals surface area contributed by atoms with E-state index in [0.29, 0.717) is 18.3 Å². The Bertz CT molecular complexity index is 516. The molecule has 1 N–H and O–H groups in total. The maximum atomic E-state index is 13.3. The first-order valence-electron chi connectivity index (χ1n) is 7.72. The standard InChI is InChI=1S/C18H23FO2/c1-2-14-5-3-7-18(11-14)21-13-16-8-9-17(19)12-15(16)6-4-10-20/h8-9,12,14,18,20H,2-3,5,7,10-11,13H2,1H3. The summed E-state index contributed by atoms with van der Waals surface area (Å²) in [4.78, 5) is 0. The molecule has 2 atom stereocenters. The number of aliphatic hydroxyl groups is 1. The molecule has 21 heavy (non-hydrogen) atoms. The first-order chi connectivity index (χ1) is 10.2. The summed E-state index contributed by atoms with van der Waals surface area (Å²) in [6, 6.07) is 4.55. The SMILES string of the molecule is CCC1CCCC(OCc2ccc(F)cc2C#CCO)C1. The molecule has 1 aromatic rings. The largest absolute Gasteiger partial charge is 0.384 e. The minimum absolute atomic E-state index is 0.225. The highest BCUT2D eigenvalue weighted by atomic mass is 19.1. The van der Waals surface area contributed by atoms with Crippen LogP contribution in [0.2, 0.25) is 0 Å². The van der Waals surface area contributed by atoms with Gasteiger partial charge in [0.1, 0.15) is 12.4 Å². The zero-order chi connectivity index (χ0) is 15.1. The lowest BCUT2D eigenvalue weighted by Gasteiger charge is -2.28. The van der Waals surface area contributed by atoms with Gasteiger partial charge in [0, 0.05) is 5.56 Å². The Morgan fingerprint density at radius 2 is 2.24 bits per heavy atom. The Labute approximate surface area is 126 Å². The second-order valence-electron chi connectivity index (χ2n) is 5.64. The monoisotopic (exact) mass is 290 g/mol. The number of aliphatic hydroxyl groups excluding tert-OH is 1. The van der Waals surface area contributed by atoms with Crippen molar-refractivity contribution in [2.45, 2.75) is 51.7 Å². The minimum Gasteiger partial charge on any atom is -0.384 e. The molecule has 1 aromatic carbocycles.